The van der Waals surface area contributed by atoms with Gasteiger partial charge in [-0.2, -0.15) is 0 Å². The van der Waals surface area contributed by atoms with E-state index in [0.717, 1.165) is 12.8 Å². The summed E-state index contributed by atoms with van der Waals surface area (Å²) in [5.41, 5.74) is 0. The Bertz CT molecular complexity index is 208. The molecule has 0 fully saturated rings. The third kappa shape index (κ3) is 6.48. The largest absolute Gasteiger partial charge is 0.467 e. The number of amides is 2. The average Bonchev–Trinajstić information content (AvgIpc) is 2.26. The highest BCUT2D eigenvalue weighted by Crippen LogP contribution is 2.01. The summed E-state index contributed by atoms with van der Waals surface area (Å²) in [4.78, 5) is 31.2. The topological polar surface area (TPSA) is 84.5 Å². The summed E-state index contributed by atoms with van der Waals surface area (Å²) in [6.07, 6.45) is 3.09. The second-order valence-electron chi connectivity index (χ2n) is 2.93. The SMILES string of the molecule is COC(=O)C(CCCCNC=O)NC=O. The molecule has 6 heteroatoms. The summed E-state index contributed by atoms with van der Waals surface area (Å²) >= 11 is 0. The second-order valence-corrected chi connectivity index (χ2v) is 2.93. The number of hydrogen-bond acceptors (Lipinski definition) is 4. The first-order valence-electron chi connectivity index (χ1n) is 4.70. The molecule has 0 radical (unpaired) electrons. The Kier molecular flexibility index (Phi) is 8.03. The van der Waals surface area contributed by atoms with Crippen LogP contribution in [0.1, 0.15) is 19.3 Å². The first-order valence-corrected chi connectivity index (χ1v) is 4.70. The molecule has 0 saturated heterocycles. The molecule has 0 spiro atoms. The lowest BCUT2D eigenvalue weighted by atomic mass is 10.1. The number of unbranched alkanes of at least 4 members (excludes halogenated alkanes) is 1. The zero-order valence-corrected chi connectivity index (χ0v) is 8.69. The van der Waals surface area contributed by atoms with Gasteiger partial charge in [0.15, 0.2) is 0 Å². The van der Waals surface area contributed by atoms with Gasteiger partial charge in [-0.25, -0.2) is 4.79 Å². The van der Waals surface area contributed by atoms with Crippen LogP contribution in [0, 0.1) is 0 Å². The Hall–Kier alpha value is -1.59. The van der Waals surface area contributed by atoms with Crippen LogP contribution in [0.25, 0.3) is 0 Å². The van der Waals surface area contributed by atoms with Gasteiger partial charge >= 0.3 is 5.97 Å². The molecule has 0 aliphatic heterocycles. The van der Waals surface area contributed by atoms with Crippen LogP contribution in [0.5, 0.6) is 0 Å². The molecule has 0 saturated carbocycles. The first-order chi connectivity index (χ1) is 7.26. The van der Waals surface area contributed by atoms with Gasteiger partial charge in [0.25, 0.3) is 0 Å². The van der Waals surface area contributed by atoms with Crippen molar-refractivity contribution in [3.05, 3.63) is 0 Å². The van der Waals surface area contributed by atoms with Crippen molar-refractivity contribution in [2.45, 2.75) is 25.3 Å². The zero-order valence-electron chi connectivity index (χ0n) is 8.69. The molecule has 0 rings (SSSR count). The zero-order chi connectivity index (χ0) is 11.5. The molecule has 0 aliphatic carbocycles. The Balaban J connectivity index is 3.70. The van der Waals surface area contributed by atoms with E-state index in [2.05, 4.69) is 15.4 Å². The third-order valence-corrected chi connectivity index (χ3v) is 1.90. The van der Waals surface area contributed by atoms with Crippen LogP contribution in [-0.4, -0.2) is 38.5 Å². The van der Waals surface area contributed by atoms with E-state index in [9.17, 15) is 14.4 Å². The Morgan fingerprint density at radius 3 is 2.60 bits per heavy atom. The van der Waals surface area contributed by atoms with Crippen LogP contribution in [0.4, 0.5) is 0 Å². The smallest absolute Gasteiger partial charge is 0.328 e. The van der Waals surface area contributed by atoms with Crippen LogP contribution in [-0.2, 0) is 19.1 Å². The van der Waals surface area contributed by atoms with Gasteiger partial charge < -0.3 is 15.4 Å². The molecule has 0 heterocycles. The van der Waals surface area contributed by atoms with Gasteiger partial charge in [-0.05, 0) is 19.3 Å². The maximum atomic E-state index is 11.1. The number of rotatable bonds is 9. The van der Waals surface area contributed by atoms with Crippen LogP contribution in [0.15, 0.2) is 0 Å². The molecule has 1 atom stereocenters. The predicted molar refractivity (Wildman–Crippen MR) is 52.9 cm³/mol. The third-order valence-electron chi connectivity index (χ3n) is 1.90. The highest BCUT2D eigenvalue weighted by atomic mass is 16.5. The van der Waals surface area contributed by atoms with Gasteiger partial charge in [-0.15, -0.1) is 0 Å². The molecular weight excluding hydrogens is 200 g/mol. The van der Waals surface area contributed by atoms with Crippen molar-refractivity contribution >= 4 is 18.8 Å². The number of hydrogen-bond donors (Lipinski definition) is 2. The number of methoxy groups -OCH3 is 1. The molecule has 2 N–H and O–H groups in total. The summed E-state index contributed by atoms with van der Waals surface area (Å²) < 4.78 is 4.51. The molecule has 15 heavy (non-hydrogen) atoms. The van der Waals surface area contributed by atoms with E-state index < -0.39 is 12.0 Å². The first kappa shape index (κ1) is 13.4. The van der Waals surface area contributed by atoms with E-state index in [1.807, 2.05) is 0 Å². The van der Waals surface area contributed by atoms with E-state index >= 15 is 0 Å². The molecule has 0 aromatic carbocycles. The number of nitrogens with one attached hydrogen (secondary N) is 2. The average molecular weight is 216 g/mol. The van der Waals surface area contributed by atoms with E-state index in [0.29, 0.717) is 25.8 Å². The van der Waals surface area contributed by atoms with Gasteiger partial charge in [0, 0.05) is 6.54 Å². The minimum atomic E-state index is -0.594. The lowest BCUT2D eigenvalue weighted by Crippen LogP contribution is -2.36. The molecular formula is C9H16N2O4. The Morgan fingerprint density at radius 2 is 2.07 bits per heavy atom. The monoisotopic (exact) mass is 216 g/mol. The fourth-order valence-corrected chi connectivity index (χ4v) is 1.13. The van der Waals surface area contributed by atoms with Crippen LogP contribution < -0.4 is 10.6 Å². The number of carbonyl (C=O) groups is 3. The van der Waals surface area contributed by atoms with E-state index in [1.54, 1.807) is 0 Å². The lowest BCUT2D eigenvalue weighted by molar-refractivity contribution is -0.144. The number of carbonyl (C=O) groups excluding carboxylic acids is 3. The van der Waals surface area contributed by atoms with E-state index in [1.165, 1.54) is 7.11 Å². The Morgan fingerprint density at radius 1 is 1.33 bits per heavy atom. The summed E-state index contributed by atoms with van der Waals surface area (Å²) in [5.74, 6) is -0.453. The summed E-state index contributed by atoms with van der Waals surface area (Å²) in [6, 6.07) is -0.594. The minimum Gasteiger partial charge on any atom is -0.467 e. The molecule has 0 aliphatic rings. The van der Waals surface area contributed by atoms with Gasteiger partial charge in [0.1, 0.15) is 6.04 Å². The van der Waals surface area contributed by atoms with E-state index in [4.69, 9.17) is 0 Å². The van der Waals surface area contributed by atoms with Crippen molar-refractivity contribution in [3.8, 4) is 0 Å². The van der Waals surface area contributed by atoms with Crippen molar-refractivity contribution in [1.82, 2.24) is 10.6 Å². The van der Waals surface area contributed by atoms with Crippen molar-refractivity contribution in [2.75, 3.05) is 13.7 Å². The van der Waals surface area contributed by atoms with Gasteiger partial charge in [0.2, 0.25) is 12.8 Å². The van der Waals surface area contributed by atoms with Crippen molar-refractivity contribution < 1.29 is 19.1 Å². The van der Waals surface area contributed by atoms with Gasteiger partial charge in [0.05, 0.1) is 7.11 Å². The van der Waals surface area contributed by atoms with E-state index in [-0.39, 0.29) is 0 Å². The standard InChI is InChI=1S/C9H16N2O4/c1-15-9(14)8(11-7-13)4-2-3-5-10-6-12/h6-8H,2-5H2,1H3,(H,10,12)(H,11,13). The maximum Gasteiger partial charge on any atom is 0.328 e. The summed E-state index contributed by atoms with van der Waals surface area (Å²) in [6.45, 7) is 0.568. The molecule has 6 nitrogen and oxygen atoms in total. The van der Waals surface area contributed by atoms with Gasteiger partial charge in [-0.3, -0.25) is 9.59 Å². The van der Waals surface area contributed by atoms with Crippen molar-refractivity contribution in [3.63, 3.8) is 0 Å². The fraction of sp³-hybridized carbons (Fsp3) is 0.667. The molecule has 2 amide bonds. The lowest BCUT2D eigenvalue weighted by Gasteiger charge is -2.12. The summed E-state index contributed by atoms with van der Waals surface area (Å²) in [5, 5.41) is 4.89. The van der Waals surface area contributed by atoms with Crippen LogP contribution >= 0.6 is 0 Å². The van der Waals surface area contributed by atoms with Gasteiger partial charge in [-0.1, -0.05) is 0 Å². The normalized spacial score (nSPS) is 11.3. The van der Waals surface area contributed by atoms with Crippen LogP contribution in [0.2, 0.25) is 0 Å². The molecule has 86 valence electrons. The highest BCUT2D eigenvalue weighted by Gasteiger charge is 2.16. The summed E-state index contributed by atoms with van der Waals surface area (Å²) in [7, 11) is 1.27. The highest BCUT2D eigenvalue weighted by molar-refractivity contribution is 5.77. The van der Waals surface area contributed by atoms with Crippen molar-refractivity contribution in [2.24, 2.45) is 0 Å². The van der Waals surface area contributed by atoms with Crippen LogP contribution in [0.3, 0.4) is 0 Å². The maximum absolute atomic E-state index is 11.1. The van der Waals surface area contributed by atoms with Crippen molar-refractivity contribution in [1.29, 1.82) is 0 Å². The molecule has 0 aromatic heterocycles. The number of esters is 1. The second kappa shape index (κ2) is 8.98. The molecule has 0 aromatic rings. The quantitative estimate of drug-likeness (QED) is 0.300. The molecule has 0 bridgehead atoms. The predicted octanol–water partition coefficient (Wildman–Crippen LogP) is -0.810. The molecule has 1 unspecified atom stereocenters. The fourth-order valence-electron chi connectivity index (χ4n) is 1.13. The minimum absolute atomic E-state index is 0.453. The number of ether oxygens (including phenoxy) is 1. The Labute approximate surface area is 88.4 Å².